The van der Waals surface area contributed by atoms with Crippen LogP contribution in [-0.2, 0) is 4.79 Å². The second-order valence-corrected chi connectivity index (χ2v) is 4.25. The Kier molecular flexibility index (Phi) is 4.56. The highest BCUT2D eigenvalue weighted by Gasteiger charge is 1.97. The molecular weight excluding hydrogens is 256 g/mol. The maximum Gasteiger partial charge on any atom is 0.303 e. The summed E-state index contributed by atoms with van der Waals surface area (Å²) in [6.45, 7) is 1.99. The molecule has 0 spiro atoms. The molecule has 1 rings (SSSR count). The second kappa shape index (κ2) is 5.71. The van der Waals surface area contributed by atoms with Crippen LogP contribution in [0.3, 0.4) is 0 Å². The van der Waals surface area contributed by atoms with Crippen molar-refractivity contribution in [3.05, 3.63) is 40.4 Å². The summed E-state index contributed by atoms with van der Waals surface area (Å²) in [5, 5.41) is 8.50. The first-order chi connectivity index (χ1) is 7.09. The van der Waals surface area contributed by atoms with E-state index in [0.29, 0.717) is 6.42 Å². The van der Waals surface area contributed by atoms with Gasteiger partial charge in [-0.3, -0.25) is 4.79 Å². The molecule has 0 radical (unpaired) electrons. The first-order valence-corrected chi connectivity index (χ1v) is 5.53. The van der Waals surface area contributed by atoms with Crippen LogP contribution >= 0.6 is 15.9 Å². The molecule has 0 unspecified atom stereocenters. The molecular formula is C12H13BrO2. The fraction of sp³-hybridized carbons (Fsp3) is 0.250. The third-order valence-electron chi connectivity index (χ3n) is 2.09. The topological polar surface area (TPSA) is 37.3 Å². The summed E-state index contributed by atoms with van der Waals surface area (Å²) >= 11 is 3.40. The number of hydrogen-bond donors (Lipinski definition) is 1. The van der Waals surface area contributed by atoms with Crippen LogP contribution in [0.2, 0.25) is 0 Å². The molecule has 0 amide bonds. The van der Waals surface area contributed by atoms with E-state index in [9.17, 15) is 4.79 Å². The van der Waals surface area contributed by atoms with Gasteiger partial charge in [-0.1, -0.05) is 34.1 Å². The number of benzene rings is 1. The monoisotopic (exact) mass is 268 g/mol. The van der Waals surface area contributed by atoms with Gasteiger partial charge < -0.3 is 5.11 Å². The molecule has 3 heteroatoms. The molecule has 0 saturated heterocycles. The Labute approximate surface area is 97.8 Å². The molecule has 15 heavy (non-hydrogen) atoms. The zero-order valence-corrected chi connectivity index (χ0v) is 10.1. The van der Waals surface area contributed by atoms with Crippen LogP contribution in [0.5, 0.6) is 0 Å². The summed E-state index contributed by atoms with van der Waals surface area (Å²) in [5.41, 5.74) is 2.23. The number of rotatable bonds is 4. The Bertz CT molecular complexity index is 383. The SMILES string of the molecule is C/C(=C\CCC(=O)O)c1cccc(Br)c1. The zero-order valence-electron chi connectivity index (χ0n) is 8.53. The summed E-state index contributed by atoms with van der Waals surface area (Å²) in [6.07, 6.45) is 2.72. The zero-order chi connectivity index (χ0) is 11.3. The van der Waals surface area contributed by atoms with E-state index in [-0.39, 0.29) is 6.42 Å². The highest BCUT2D eigenvalue weighted by Crippen LogP contribution is 2.19. The van der Waals surface area contributed by atoms with Crippen molar-refractivity contribution in [2.24, 2.45) is 0 Å². The molecule has 0 aliphatic heterocycles. The lowest BCUT2D eigenvalue weighted by Crippen LogP contribution is -1.92. The van der Waals surface area contributed by atoms with Crippen molar-refractivity contribution in [3.8, 4) is 0 Å². The van der Waals surface area contributed by atoms with E-state index in [2.05, 4.69) is 15.9 Å². The van der Waals surface area contributed by atoms with E-state index >= 15 is 0 Å². The lowest BCUT2D eigenvalue weighted by Gasteiger charge is -2.01. The van der Waals surface area contributed by atoms with Gasteiger partial charge in [-0.2, -0.15) is 0 Å². The molecule has 0 aliphatic rings. The van der Waals surface area contributed by atoms with Crippen LogP contribution in [0.15, 0.2) is 34.8 Å². The van der Waals surface area contributed by atoms with Crippen LogP contribution in [0.4, 0.5) is 0 Å². The van der Waals surface area contributed by atoms with Gasteiger partial charge in [0.15, 0.2) is 0 Å². The summed E-state index contributed by atoms with van der Waals surface area (Å²) < 4.78 is 1.03. The third kappa shape index (κ3) is 4.30. The average Bonchev–Trinajstić information content (AvgIpc) is 2.17. The van der Waals surface area contributed by atoms with Crippen molar-refractivity contribution in [2.45, 2.75) is 19.8 Å². The van der Waals surface area contributed by atoms with Gasteiger partial charge >= 0.3 is 5.97 Å². The number of carbonyl (C=O) groups is 1. The Hall–Kier alpha value is -1.09. The smallest absolute Gasteiger partial charge is 0.303 e. The summed E-state index contributed by atoms with van der Waals surface area (Å²) in [5.74, 6) is -0.756. The summed E-state index contributed by atoms with van der Waals surface area (Å²) in [6, 6.07) is 7.96. The minimum atomic E-state index is -0.756. The number of halogens is 1. The molecule has 0 atom stereocenters. The van der Waals surface area contributed by atoms with Crippen molar-refractivity contribution < 1.29 is 9.90 Å². The molecule has 0 aliphatic carbocycles. The number of aliphatic carboxylic acids is 1. The molecule has 2 nitrogen and oxygen atoms in total. The van der Waals surface area contributed by atoms with E-state index in [0.717, 1.165) is 15.6 Å². The fourth-order valence-electron chi connectivity index (χ4n) is 1.26. The van der Waals surface area contributed by atoms with Crippen LogP contribution in [0.1, 0.15) is 25.3 Å². The first-order valence-electron chi connectivity index (χ1n) is 4.74. The van der Waals surface area contributed by atoms with Crippen LogP contribution < -0.4 is 0 Å². The molecule has 0 fully saturated rings. The number of carboxylic acid groups (broad SMARTS) is 1. The molecule has 80 valence electrons. The highest BCUT2D eigenvalue weighted by atomic mass is 79.9. The van der Waals surface area contributed by atoms with Crippen molar-refractivity contribution in [3.63, 3.8) is 0 Å². The number of carboxylic acids is 1. The Morgan fingerprint density at radius 1 is 1.53 bits per heavy atom. The second-order valence-electron chi connectivity index (χ2n) is 3.33. The molecule has 0 aromatic heterocycles. The quantitative estimate of drug-likeness (QED) is 0.904. The van der Waals surface area contributed by atoms with E-state index < -0.39 is 5.97 Å². The van der Waals surface area contributed by atoms with Crippen LogP contribution in [0, 0.1) is 0 Å². The Balaban J connectivity index is 2.67. The van der Waals surface area contributed by atoms with Crippen LogP contribution in [-0.4, -0.2) is 11.1 Å². The lowest BCUT2D eigenvalue weighted by molar-refractivity contribution is -0.136. The summed E-state index contributed by atoms with van der Waals surface area (Å²) in [4.78, 5) is 10.3. The van der Waals surface area contributed by atoms with Gasteiger partial charge in [0, 0.05) is 10.9 Å². The molecule has 0 saturated carbocycles. The number of hydrogen-bond acceptors (Lipinski definition) is 1. The first kappa shape index (κ1) is 12.0. The minimum absolute atomic E-state index is 0.186. The molecule has 1 aromatic carbocycles. The van der Waals surface area contributed by atoms with Crippen molar-refractivity contribution in [1.29, 1.82) is 0 Å². The van der Waals surface area contributed by atoms with E-state index in [1.165, 1.54) is 0 Å². The van der Waals surface area contributed by atoms with Gasteiger partial charge in [-0.15, -0.1) is 0 Å². The Morgan fingerprint density at radius 3 is 2.87 bits per heavy atom. The van der Waals surface area contributed by atoms with Crippen LogP contribution in [0.25, 0.3) is 5.57 Å². The van der Waals surface area contributed by atoms with Gasteiger partial charge in [-0.25, -0.2) is 0 Å². The lowest BCUT2D eigenvalue weighted by atomic mass is 10.1. The fourth-order valence-corrected chi connectivity index (χ4v) is 1.66. The standard InChI is InChI=1S/C12H13BrO2/c1-9(4-2-7-12(14)15)10-5-3-6-11(13)8-10/h3-6,8H,2,7H2,1H3,(H,14,15)/b9-4+. The molecule has 1 aromatic rings. The van der Waals surface area contributed by atoms with Gasteiger partial charge in [0.05, 0.1) is 0 Å². The minimum Gasteiger partial charge on any atom is -0.481 e. The normalized spacial score (nSPS) is 11.5. The molecule has 1 N–H and O–H groups in total. The predicted molar refractivity (Wildman–Crippen MR) is 64.7 cm³/mol. The summed E-state index contributed by atoms with van der Waals surface area (Å²) in [7, 11) is 0. The van der Waals surface area contributed by atoms with Gasteiger partial charge in [0.25, 0.3) is 0 Å². The van der Waals surface area contributed by atoms with Gasteiger partial charge in [0.1, 0.15) is 0 Å². The largest absolute Gasteiger partial charge is 0.481 e. The van der Waals surface area contributed by atoms with Crippen molar-refractivity contribution in [2.75, 3.05) is 0 Å². The van der Waals surface area contributed by atoms with E-state index in [4.69, 9.17) is 5.11 Å². The third-order valence-corrected chi connectivity index (χ3v) is 2.58. The number of allylic oxidation sites excluding steroid dienone is 2. The average molecular weight is 269 g/mol. The Morgan fingerprint density at radius 2 is 2.27 bits per heavy atom. The highest BCUT2D eigenvalue weighted by molar-refractivity contribution is 9.10. The molecule has 0 bridgehead atoms. The van der Waals surface area contributed by atoms with Crippen molar-refractivity contribution >= 4 is 27.5 Å². The molecule has 0 heterocycles. The van der Waals surface area contributed by atoms with E-state index in [1.54, 1.807) is 0 Å². The van der Waals surface area contributed by atoms with E-state index in [1.807, 2.05) is 37.3 Å². The van der Waals surface area contributed by atoms with Crippen molar-refractivity contribution in [1.82, 2.24) is 0 Å². The maximum absolute atomic E-state index is 10.3. The maximum atomic E-state index is 10.3. The van der Waals surface area contributed by atoms with Gasteiger partial charge in [0.2, 0.25) is 0 Å². The predicted octanol–water partition coefficient (Wildman–Crippen LogP) is 3.72. The van der Waals surface area contributed by atoms with Gasteiger partial charge in [-0.05, 0) is 36.6 Å².